The summed E-state index contributed by atoms with van der Waals surface area (Å²) in [6.07, 6.45) is 1.44. The summed E-state index contributed by atoms with van der Waals surface area (Å²) >= 11 is 0. The van der Waals surface area contributed by atoms with Crippen LogP contribution in [0.25, 0.3) is 0 Å². The molecule has 1 aromatic heterocycles. The van der Waals surface area contributed by atoms with Crippen LogP contribution in [-0.2, 0) is 14.8 Å². The van der Waals surface area contributed by atoms with Gasteiger partial charge in [0, 0.05) is 26.9 Å². The third kappa shape index (κ3) is 3.16. The minimum Gasteiger partial charge on any atom is -0.386 e. The van der Waals surface area contributed by atoms with Crippen LogP contribution in [0.3, 0.4) is 0 Å². The number of ether oxygens (including phenoxy) is 1. The molecule has 0 aliphatic heterocycles. The highest BCUT2D eigenvalue weighted by molar-refractivity contribution is 7.89. The van der Waals surface area contributed by atoms with Gasteiger partial charge in [-0.05, 0) is 12.1 Å². The lowest BCUT2D eigenvalue weighted by Gasteiger charge is -2.09. The fraction of sp³-hybridized carbons (Fsp3) is 0.444. The normalized spacial score (nSPS) is 11.4. The van der Waals surface area contributed by atoms with Gasteiger partial charge in [-0.1, -0.05) is 0 Å². The Morgan fingerprint density at radius 2 is 2.25 bits per heavy atom. The predicted molar refractivity (Wildman–Crippen MR) is 60.8 cm³/mol. The van der Waals surface area contributed by atoms with E-state index in [1.807, 2.05) is 0 Å². The van der Waals surface area contributed by atoms with E-state index in [9.17, 15) is 8.42 Å². The first-order chi connectivity index (χ1) is 7.61. The fourth-order valence-corrected chi connectivity index (χ4v) is 2.29. The smallest absolute Gasteiger partial charge is 0.260 e. The Balaban J connectivity index is 2.89. The number of methoxy groups -OCH3 is 1. The standard InChI is InChI=1S/C9H15N3O3S/c1-10-8-4-3-5-11-9(8)16(13,14)12-6-7-15-2/h3-5,10,12H,6-7H2,1-2H3. The average molecular weight is 245 g/mol. The highest BCUT2D eigenvalue weighted by Crippen LogP contribution is 2.16. The summed E-state index contributed by atoms with van der Waals surface area (Å²) < 4.78 is 30.8. The molecular formula is C9H15N3O3S. The average Bonchev–Trinajstić information content (AvgIpc) is 2.29. The van der Waals surface area contributed by atoms with E-state index in [1.165, 1.54) is 13.3 Å². The van der Waals surface area contributed by atoms with E-state index >= 15 is 0 Å². The monoisotopic (exact) mass is 245 g/mol. The molecule has 0 unspecified atom stereocenters. The summed E-state index contributed by atoms with van der Waals surface area (Å²) in [5, 5.41) is 2.77. The molecule has 0 aliphatic carbocycles. The second-order valence-corrected chi connectivity index (χ2v) is 4.68. The molecule has 0 aromatic carbocycles. The van der Waals surface area contributed by atoms with Crippen LogP contribution in [0.5, 0.6) is 0 Å². The lowest BCUT2D eigenvalue weighted by atomic mass is 10.4. The molecule has 0 saturated carbocycles. The first kappa shape index (κ1) is 12.9. The molecular weight excluding hydrogens is 230 g/mol. The van der Waals surface area contributed by atoms with Gasteiger partial charge in [-0.2, -0.15) is 0 Å². The molecule has 90 valence electrons. The predicted octanol–water partition coefficient (Wildman–Crippen LogP) is 0.0480. The van der Waals surface area contributed by atoms with Crippen molar-refractivity contribution < 1.29 is 13.2 Å². The van der Waals surface area contributed by atoms with Crippen molar-refractivity contribution in [2.45, 2.75) is 5.03 Å². The van der Waals surface area contributed by atoms with Crippen LogP contribution in [0.15, 0.2) is 23.4 Å². The number of sulfonamides is 1. The van der Waals surface area contributed by atoms with Crippen molar-refractivity contribution in [3.05, 3.63) is 18.3 Å². The van der Waals surface area contributed by atoms with E-state index in [2.05, 4.69) is 15.0 Å². The molecule has 2 N–H and O–H groups in total. The zero-order valence-corrected chi connectivity index (χ0v) is 10.0. The van der Waals surface area contributed by atoms with E-state index in [0.29, 0.717) is 12.3 Å². The van der Waals surface area contributed by atoms with Gasteiger partial charge in [0.15, 0.2) is 5.03 Å². The topological polar surface area (TPSA) is 80.3 Å². The summed E-state index contributed by atoms with van der Waals surface area (Å²) in [7, 11) is -0.427. The molecule has 0 spiro atoms. The molecule has 7 heteroatoms. The minimum absolute atomic E-state index is 0.00592. The maximum atomic E-state index is 11.8. The van der Waals surface area contributed by atoms with Crippen LogP contribution in [0, 0.1) is 0 Å². The highest BCUT2D eigenvalue weighted by Gasteiger charge is 2.18. The SMILES string of the molecule is CNc1cccnc1S(=O)(=O)NCCOC. The van der Waals surface area contributed by atoms with Crippen LogP contribution < -0.4 is 10.0 Å². The van der Waals surface area contributed by atoms with Crippen LogP contribution in [0.2, 0.25) is 0 Å². The van der Waals surface area contributed by atoms with Crippen LogP contribution in [0.4, 0.5) is 5.69 Å². The van der Waals surface area contributed by atoms with E-state index in [1.54, 1.807) is 19.2 Å². The summed E-state index contributed by atoms with van der Waals surface area (Å²) in [5.74, 6) is 0. The number of hydrogen-bond acceptors (Lipinski definition) is 5. The Labute approximate surface area is 95.1 Å². The fourth-order valence-electron chi connectivity index (χ4n) is 1.14. The van der Waals surface area contributed by atoms with Gasteiger partial charge in [-0.15, -0.1) is 0 Å². The summed E-state index contributed by atoms with van der Waals surface area (Å²) in [4.78, 5) is 3.85. The van der Waals surface area contributed by atoms with Gasteiger partial charge in [0.2, 0.25) is 0 Å². The Morgan fingerprint density at radius 3 is 2.88 bits per heavy atom. The van der Waals surface area contributed by atoms with Gasteiger partial charge >= 0.3 is 0 Å². The molecule has 0 fully saturated rings. The molecule has 0 aliphatic rings. The zero-order chi connectivity index (χ0) is 12.0. The van der Waals surface area contributed by atoms with Crippen molar-refractivity contribution >= 4 is 15.7 Å². The second kappa shape index (κ2) is 5.78. The third-order valence-corrected chi connectivity index (χ3v) is 3.31. The Bertz CT molecular complexity index is 433. The first-order valence-corrected chi connectivity index (χ1v) is 6.21. The highest BCUT2D eigenvalue weighted by atomic mass is 32.2. The quantitative estimate of drug-likeness (QED) is 0.692. The number of aromatic nitrogens is 1. The van der Waals surface area contributed by atoms with Crippen LogP contribution >= 0.6 is 0 Å². The number of rotatable bonds is 6. The van der Waals surface area contributed by atoms with Crippen molar-refractivity contribution in [1.82, 2.24) is 9.71 Å². The summed E-state index contributed by atoms with van der Waals surface area (Å²) in [6, 6.07) is 3.32. The minimum atomic E-state index is -3.58. The number of pyridine rings is 1. The van der Waals surface area contributed by atoms with Crippen molar-refractivity contribution in [2.75, 3.05) is 32.6 Å². The van der Waals surface area contributed by atoms with Gasteiger partial charge in [0.1, 0.15) is 0 Å². The summed E-state index contributed by atoms with van der Waals surface area (Å²) in [5.41, 5.74) is 0.465. The molecule has 0 bridgehead atoms. The van der Waals surface area contributed by atoms with Crippen LogP contribution in [-0.4, -0.2) is 40.7 Å². The Kier molecular flexibility index (Phi) is 4.66. The molecule has 1 rings (SSSR count). The first-order valence-electron chi connectivity index (χ1n) is 4.73. The van der Waals surface area contributed by atoms with Gasteiger partial charge in [0.25, 0.3) is 10.0 Å². The van der Waals surface area contributed by atoms with Crippen molar-refractivity contribution in [2.24, 2.45) is 0 Å². The van der Waals surface area contributed by atoms with Gasteiger partial charge < -0.3 is 10.1 Å². The Morgan fingerprint density at radius 1 is 1.50 bits per heavy atom. The molecule has 16 heavy (non-hydrogen) atoms. The molecule has 6 nitrogen and oxygen atoms in total. The maximum Gasteiger partial charge on any atom is 0.260 e. The number of nitrogens with one attached hydrogen (secondary N) is 2. The number of anilines is 1. The molecule has 1 heterocycles. The number of nitrogens with zero attached hydrogens (tertiary/aromatic N) is 1. The zero-order valence-electron chi connectivity index (χ0n) is 9.23. The number of hydrogen-bond donors (Lipinski definition) is 2. The second-order valence-electron chi connectivity index (χ2n) is 3.00. The third-order valence-electron chi connectivity index (χ3n) is 1.89. The summed E-state index contributed by atoms with van der Waals surface area (Å²) in [6.45, 7) is 0.541. The van der Waals surface area contributed by atoms with Gasteiger partial charge in [0.05, 0.1) is 12.3 Å². The van der Waals surface area contributed by atoms with E-state index in [4.69, 9.17) is 4.74 Å². The lowest BCUT2D eigenvalue weighted by Crippen LogP contribution is -2.28. The van der Waals surface area contributed by atoms with E-state index in [-0.39, 0.29) is 11.6 Å². The largest absolute Gasteiger partial charge is 0.386 e. The van der Waals surface area contributed by atoms with E-state index < -0.39 is 10.0 Å². The van der Waals surface area contributed by atoms with Crippen molar-refractivity contribution in [3.8, 4) is 0 Å². The molecule has 0 atom stereocenters. The van der Waals surface area contributed by atoms with Crippen molar-refractivity contribution in [1.29, 1.82) is 0 Å². The Hall–Kier alpha value is -1.18. The molecule has 0 amide bonds. The molecule has 1 aromatic rings. The van der Waals surface area contributed by atoms with Gasteiger partial charge in [-0.25, -0.2) is 18.1 Å². The van der Waals surface area contributed by atoms with Crippen LogP contribution in [0.1, 0.15) is 0 Å². The van der Waals surface area contributed by atoms with E-state index in [0.717, 1.165) is 0 Å². The molecule has 0 radical (unpaired) electrons. The van der Waals surface area contributed by atoms with Gasteiger partial charge in [-0.3, -0.25) is 0 Å². The van der Waals surface area contributed by atoms with Crippen molar-refractivity contribution in [3.63, 3.8) is 0 Å². The maximum absolute atomic E-state index is 11.8. The lowest BCUT2D eigenvalue weighted by molar-refractivity contribution is 0.204. The molecule has 0 saturated heterocycles.